The van der Waals surface area contributed by atoms with Gasteiger partial charge in [0.05, 0.1) is 4.87 Å². The predicted octanol–water partition coefficient (Wildman–Crippen LogP) is 1.93. The molecule has 86 valence electrons. The van der Waals surface area contributed by atoms with Crippen molar-refractivity contribution in [3.05, 3.63) is 0 Å². The highest BCUT2D eigenvalue weighted by atomic mass is 32.2. The van der Waals surface area contributed by atoms with Gasteiger partial charge in [-0.3, -0.25) is 10.1 Å². The molecule has 0 radical (unpaired) electrons. The molecule has 2 fully saturated rings. The first kappa shape index (κ1) is 11.3. The van der Waals surface area contributed by atoms with E-state index in [1.807, 2.05) is 11.8 Å². The Kier molecular flexibility index (Phi) is 2.99. The largest absolute Gasteiger partial charge is 0.480 e. The third-order valence-electron chi connectivity index (χ3n) is 4.02. The number of aliphatic carboxylic acids is 1. The molecule has 15 heavy (non-hydrogen) atoms. The zero-order valence-corrected chi connectivity index (χ0v) is 10.1. The molecule has 1 saturated carbocycles. The molecule has 1 saturated heterocycles. The lowest BCUT2D eigenvalue weighted by molar-refractivity contribution is -0.139. The molecule has 0 amide bonds. The van der Waals surface area contributed by atoms with Crippen LogP contribution in [-0.2, 0) is 4.79 Å². The number of carbonyl (C=O) groups is 1. The molecule has 0 aromatic rings. The van der Waals surface area contributed by atoms with Crippen LogP contribution in [0.25, 0.3) is 0 Å². The van der Waals surface area contributed by atoms with Gasteiger partial charge in [0.15, 0.2) is 0 Å². The second-order valence-corrected chi connectivity index (χ2v) is 6.24. The monoisotopic (exact) mass is 229 g/mol. The van der Waals surface area contributed by atoms with Crippen molar-refractivity contribution in [2.45, 2.75) is 44.0 Å². The third kappa shape index (κ3) is 1.89. The van der Waals surface area contributed by atoms with Crippen LogP contribution < -0.4 is 5.32 Å². The van der Waals surface area contributed by atoms with Crippen LogP contribution in [0.15, 0.2) is 0 Å². The number of hydrogen-bond donors (Lipinski definition) is 2. The predicted molar refractivity (Wildman–Crippen MR) is 61.9 cm³/mol. The molecule has 2 rings (SSSR count). The molecule has 3 nitrogen and oxygen atoms in total. The fraction of sp³-hybridized carbons (Fsp3) is 0.909. The average molecular weight is 229 g/mol. The highest BCUT2D eigenvalue weighted by molar-refractivity contribution is 8.01. The molecule has 2 N–H and O–H groups in total. The van der Waals surface area contributed by atoms with Gasteiger partial charge in [-0.25, -0.2) is 0 Å². The summed E-state index contributed by atoms with van der Waals surface area (Å²) in [6.45, 7) is 4.54. The van der Waals surface area contributed by atoms with Gasteiger partial charge in [0, 0.05) is 5.75 Å². The van der Waals surface area contributed by atoms with Crippen molar-refractivity contribution in [1.29, 1.82) is 0 Å². The summed E-state index contributed by atoms with van der Waals surface area (Å²) in [6, 6.07) is -0.345. The molecule has 1 aliphatic heterocycles. The zero-order chi connectivity index (χ0) is 11.1. The molecule has 1 heterocycles. The molecular weight excluding hydrogens is 210 g/mol. The summed E-state index contributed by atoms with van der Waals surface area (Å²) in [5, 5.41) is 12.4. The van der Waals surface area contributed by atoms with E-state index in [2.05, 4.69) is 19.2 Å². The first-order valence-corrected chi connectivity index (χ1v) is 6.68. The van der Waals surface area contributed by atoms with E-state index in [4.69, 9.17) is 5.11 Å². The van der Waals surface area contributed by atoms with Gasteiger partial charge in [0.2, 0.25) is 0 Å². The average Bonchev–Trinajstić information content (AvgIpc) is 2.60. The molecule has 0 aromatic heterocycles. The summed E-state index contributed by atoms with van der Waals surface area (Å²) in [5.41, 5.74) is 0. The first-order valence-electron chi connectivity index (χ1n) is 5.69. The van der Waals surface area contributed by atoms with Gasteiger partial charge in [0.25, 0.3) is 0 Å². The molecule has 0 bridgehead atoms. The smallest absolute Gasteiger partial charge is 0.321 e. The Hall–Kier alpha value is -0.220. The molecule has 1 spiro atoms. The quantitative estimate of drug-likeness (QED) is 0.721. The Balaban J connectivity index is 2.11. The van der Waals surface area contributed by atoms with Crippen LogP contribution in [0, 0.1) is 11.8 Å². The van der Waals surface area contributed by atoms with Gasteiger partial charge in [-0.05, 0) is 18.3 Å². The van der Waals surface area contributed by atoms with Gasteiger partial charge in [-0.15, -0.1) is 11.8 Å². The van der Waals surface area contributed by atoms with Crippen LogP contribution in [0.5, 0.6) is 0 Å². The number of thioether (sulfide) groups is 1. The SMILES string of the molecule is CC1CCCC2(N[C@@H](C(=O)O)CS2)C1C. The van der Waals surface area contributed by atoms with E-state index in [0.29, 0.717) is 17.6 Å². The van der Waals surface area contributed by atoms with Crippen molar-refractivity contribution < 1.29 is 9.90 Å². The van der Waals surface area contributed by atoms with Gasteiger partial charge in [0.1, 0.15) is 6.04 Å². The van der Waals surface area contributed by atoms with E-state index in [1.165, 1.54) is 12.8 Å². The van der Waals surface area contributed by atoms with Gasteiger partial charge < -0.3 is 5.11 Å². The topological polar surface area (TPSA) is 49.3 Å². The maximum Gasteiger partial charge on any atom is 0.321 e. The number of carboxylic acids is 1. The Morgan fingerprint density at radius 2 is 2.27 bits per heavy atom. The number of carboxylic acid groups (broad SMARTS) is 1. The maximum absolute atomic E-state index is 10.9. The number of nitrogens with one attached hydrogen (secondary N) is 1. The van der Waals surface area contributed by atoms with Crippen molar-refractivity contribution in [3.63, 3.8) is 0 Å². The van der Waals surface area contributed by atoms with Crippen molar-refractivity contribution in [1.82, 2.24) is 5.32 Å². The molecule has 4 heteroatoms. The van der Waals surface area contributed by atoms with Crippen LogP contribution in [-0.4, -0.2) is 27.7 Å². The Morgan fingerprint density at radius 1 is 1.53 bits per heavy atom. The van der Waals surface area contributed by atoms with E-state index >= 15 is 0 Å². The van der Waals surface area contributed by atoms with E-state index in [1.54, 1.807) is 0 Å². The first-order chi connectivity index (χ1) is 7.05. The minimum absolute atomic E-state index is 0.0424. The number of rotatable bonds is 1. The normalized spacial score (nSPS) is 45.9. The maximum atomic E-state index is 10.9. The second-order valence-electron chi connectivity index (χ2n) is 4.89. The van der Waals surface area contributed by atoms with Crippen LogP contribution in [0.2, 0.25) is 0 Å². The standard InChI is InChI=1S/C11H19NO2S/c1-7-4-3-5-11(8(7)2)12-9(6-15-11)10(13)14/h7-9,12H,3-6H2,1-2H3,(H,13,14)/t7?,8?,9-,11?/m1/s1. The lowest BCUT2D eigenvalue weighted by Crippen LogP contribution is -2.52. The second kappa shape index (κ2) is 3.98. The summed E-state index contributed by atoms with van der Waals surface area (Å²) in [7, 11) is 0. The summed E-state index contributed by atoms with van der Waals surface area (Å²) in [4.78, 5) is 11.0. The third-order valence-corrected chi connectivity index (χ3v) is 5.73. The van der Waals surface area contributed by atoms with E-state index in [9.17, 15) is 4.79 Å². The van der Waals surface area contributed by atoms with Crippen molar-refractivity contribution in [3.8, 4) is 0 Å². The molecular formula is C11H19NO2S. The summed E-state index contributed by atoms with van der Waals surface area (Å²) < 4.78 is 0. The lowest BCUT2D eigenvalue weighted by Gasteiger charge is -2.43. The van der Waals surface area contributed by atoms with E-state index < -0.39 is 5.97 Å². The van der Waals surface area contributed by atoms with Crippen LogP contribution >= 0.6 is 11.8 Å². The van der Waals surface area contributed by atoms with Crippen molar-refractivity contribution in [2.75, 3.05) is 5.75 Å². The van der Waals surface area contributed by atoms with Crippen LogP contribution in [0.4, 0.5) is 0 Å². The highest BCUT2D eigenvalue weighted by Gasteiger charge is 2.48. The highest BCUT2D eigenvalue weighted by Crippen LogP contribution is 2.48. The van der Waals surface area contributed by atoms with Gasteiger partial charge >= 0.3 is 5.97 Å². The van der Waals surface area contributed by atoms with Crippen molar-refractivity contribution >= 4 is 17.7 Å². The van der Waals surface area contributed by atoms with E-state index in [-0.39, 0.29) is 10.9 Å². The lowest BCUT2D eigenvalue weighted by atomic mass is 9.77. The van der Waals surface area contributed by atoms with Gasteiger partial charge in [-0.2, -0.15) is 0 Å². The van der Waals surface area contributed by atoms with Crippen molar-refractivity contribution in [2.24, 2.45) is 11.8 Å². The summed E-state index contributed by atoms with van der Waals surface area (Å²) >= 11 is 1.82. The fourth-order valence-corrected chi connectivity index (χ4v) is 4.47. The molecule has 2 aliphatic rings. The molecule has 1 aliphatic carbocycles. The van der Waals surface area contributed by atoms with Crippen LogP contribution in [0.1, 0.15) is 33.1 Å². The Morgan fingerprint density at radius 3 is 2.87 bits per heavy atom. The zero-order valence-electron chi connectivity index (χ0n) is 9.32. The molecule has 4 atom stereocenters. The fourth-order valence-electron chi connectivity index (χ4n) is 2.77. The summed E-state index contributed by atoms with van der Waals surface area (Å²) in [5.74, 6) is 1.28. The Bertz CT molecular complexity index is 271. The van der Waals surface area contributed by atoms with Crippen LogP contribution in [0.3, 0.4) is 0 Å². The molecule has 0 aromatic carbocycles. The Labute approximate surface area is 95.0 Å². The van der Waals surface area contributed by atoms with E-state index in [0.717, 1.165) is 6.42 Å². The minimum Gasteiger partial charge on any atom is -0.480 e. The minimum atomic E-state index is -0.704. The molecule has 3 unspecified atom stereocenters. The van der Waals surface area contributed by atoms with Gasteiger partial charge in [-0.1, -0.05) is 26.7 Å². The summed E-state index contributed by atoms with van der Waals surface area (Å²) in [6.07, 6.45) is 3.62. The number of hydrogen-bond acceptors (Lipinski definition) is 3.